The summed E-state index contributed by atoms with van der Waals surface area (Å²) in [5, 5.41) is 22.9. The average Bonchev–Trinajstić information content (AvgIpc) is 2.57. The van der Waals surface area contributed by atoms with Crippen molar-refractivity contribution in [3.8, 4) is 0 Å². The van der Waals surface area contributed by atoms with Crippen molar-refractivity contribution in [3.63, 3.8) is 0 Å². The molecule has 1 unspecified atom stereocenters. The Balaban J connectivity index is 2.79. The smallest absolute Gasteiger partial charge is 0.408 e. The second kappa shape index (κ2) is 9.16. The van der Waals surface area contributed by atoms with Crippen molar-refractivity contribution in [1.29, 1.82) is 0 Å². The van der Waals surface area contributed by atoms with E-state index in [1.54, 1.807) is 38.1 Å². The zero-order valence-corrected chi connectivity index (χ0v) is 14.9. The third-order valence-electron chi connectivity index (χ3n) is 4.09. The Hall–Kier alpha value is -2.65. The first kappa shape index (κ1) is 21.4. The molecule has 0 heterocycles. The number of aliphatic hydroxyl groups is 2. The highest BCUT2D eigenvalue weighted by molar-refractivity contribution is 5.93. The number of hydrogen-bond donors (Lipinski definition) is 5. The molecule has 0 spiro atoms. The van der Waals surface area contributed by atoms with Crippen molar-refractivity contribution in [1.82, 2.24) is 10.6 Å². The number of alkyl carbamates (subject to hydrolysis) is 1. The van der Waals surface area contributed by atoms with Gasteiger partial charge in [-0.2, -0.15) is 0 Å². The lowest BCUT2D eigenvalue weighted by Gasteiger charge is -2.34. The van der Waals surface area contributed by atoms with Crippen molar-refractivity contribution in [2.24, 2.45) is 11.7 Å². The van der Waals surface area contributed by atoms with Crippen LogP contribution < -0.4 is 16.4 Å². The fourth-order valence-corrected chi connectivity index (χ4v) is 2.02. The van der Waals surface area contributed by atoms with Gasteiger partial charge in [0.15, 0.2) is 12.3 Å². The Morgan fingerprint density at radius 3 is 2.23 bits per heavy atom. The van der Waals surface area contributed by atoms with E-state index in [-0.39, 0.29) is 6.61 Å². The molecule has 0 aromatic heterocycles. The van der Waals surface area contributed by atoms with Crippen LogP contribution in [0.3, 0.4) is 0 Å². The maximum atomic E-state index is 12.5. The van der Waals surface area contributed by atoms with Gasteiger partial charge in [0.05, 0.1) is 0 Å². The van der Waals surface area contributed by atoms with E-state index in [1.165, 1.54) is 6.92 Å². The van der Waals surface area contributed by atoms with Crippen molar-refractivity contribution >= 4 is 17.9 Å². The molecule has 0 aliphatic rings. The highest BCUT2D eigenvalue weighted by atomic mass is 16.5. The van der Waals surface area contributed by atoms with Crippen LogP contribution >= 0.6 is 0 Å². The number of primary amides is 1. The van der Waals surface area contributed by atoms with Crippen molar-refractivity contribution in [2.75, 3.05) is 0 Å². The van der Waals surface area contributed by atoms with E-state index in [0.717, 1.165) is 5.56 Å². The topological polar surface area (TPSA) is 151 Å². The van der Waals surface area contributed by atoms with Gasteiger partial charge >= 0.3 is 6.09 Å². The van der Waals surface area contributed by atoms with Gasteiger partial charge in [0.1, 0.15) is 12.1 Å². The van der Waals surface area contributed by atoms with Gasteiger partial charge in [-0.1, -0.05) is 44.2 Å². The van der Waals surface area contributed by atoms with E-state index in [9.17, 15) is 14.4 Å². The summed E-state index contributed by atoms with van der Waals surface area (Å²) in [4.78, 5) is 35.8. The molecule has 0 saturated carbocycles. The molecule has 9 nitrogen and oxygen atoms in total. The summed E-state index contributed by atoms with van der Waals surface area (Å²) < 4.78 is 5.10. The molecule has 1 aromatic rings. The minimum Gasteiger partial charge on any atom is -0.445 e. The molecule has 0 radical (unpaired) electrons. The molecule has 0 aliphatic carbocycles. The molecule has 0 aliphatic heterocycles. The first-order valence-corrected chi connectivity index (χ1v) is 8.03. The van der Waals surface area contributed by atoms with Crippen LogP contribution in [0.5, 0.6) is 0 Å². The molecule has 0 fully saturated rings. The fraction of sp³-hybridized carbons (Fsp3) is 0.471. The maximum Gasteiger partial charge on any atom is 0.408 e. The van der Waals surface area contributed by atoms with Gasteiger partial charge in [0, 0.05) is 0 Å². The standard InChI is InChI=1S/C17H25N3O6/c1-10(2)17(3,15(24)19-12(13(18)21)14(22)23)20-16(25)26-9-11-7-5-4-6-8-11/h4-8,10,12,14,22-23H,9H2,1-3H3,(H2,18,21)(H,19,24)(H,20,25)/t12?,17-/m0/s1. The number of aliphatic hydroxyl groups excluding tert-OH is 1. The van der Waals surface area contributed by atoms with Crippen LogP contribution in [0.15, 0.2) is 30.3 Å². The Bertz CT molecular complexity index is 635. The highest BCUT2D eigenvalue weighted by Crippen LogP contribution is 2.18. The number of benzene rings is 1. The molecule has 2 atom stereocenters. The highest BCUT2D eigenvalue weighted by Gasteiger charge is 2.41. The summed E-state index contributed by atoms with van der Waals surface area (Å²) in [5.74, 6) is -2.33. The van der Waals surface area contributed by atoms with Crippen LogP contribution in [0.4, 0.5) is 4.79 Å². The maximum absolute atomic E-state index is 12.5. The monoisotopic (exact) mass is 367 g/mol. The van der Waals surface area contributed by atoms with Crippen LogP contribution in [-0.4, -0.2) is 46.0 Å². The Labute approximate surface area is 151 Å². The number of hydrogen-bond acceptors (Lipinski definition) is 6. The predicted molar refractivity (Wildman–Crippen MR) is 92.4 cm³/mol. The van der Waals surface area contributed by atoms with Gasteiger partial charge in [0.2, 0.25) is 11.8 Å². The molecule has 1 rings (SSSR count). The lowest BCUT2D eigenvalue weighted by Crippen LogP contribution is -2.64. The predicted octanol–water partition coefficient (Wildman–Crippen LogP) is -0.392. The summed E-state index contributed by atoms with van der Waals surface area (Å²) in [6, 6.07) is 7.28. The quantitative estimate of drug-likeness (QED) is 0.395. The van der Waals surface area contributed by atoms with E-state index in [0.29, 0.717) is 0 Å². The van der Waals surface area contributed by atoms with Gasteiger partial charge in [0.25, 0.3) is 0 Å². The number of nitrogens with two attached hydrogens (primary N) is 1. The van der Waals surface area contributed by atoms with Crippen molar-refractivity contribution < 1.29 is 29.3 Å². The second-order valence-corrected chi connectivity index (χ2v) is 6.31. The van der Waals surface area contributed by atoms with Crippen LogP contribution in [0, 0.1) is 5.92 Å². The summed E-state index contributed by atoms with van der Waals surface area (Å²) in [6.07, 6.45) is -3.00. The molecule has 6 N–H and O–H groups in total. The normalized spacial score (nSPS) is 14.4. The van der Waals surface area contributed by atoms with E-state index in [4.69, 9.17) is 20.7 Å². The van der Waals surface area contributed by atoms with E-state index < -0.39 is 41.7 Å². The largest absolute Gasteiger partial charge is 0.445 e. The molecular weight excluding hydrogens is 342 g/mol. The summed E-state index contributed by atoms with van der Waals surface area (Å²) >= 11 is 0. The third kappa shape index (κ3) is 5.71. The number of carbonyl (C=O) groups is 3. The molecule has 9 heteroatoms. The molecule has 0 bridgehead atoms. The van der Waals surface area contributed by atoms with Gasteiger partial charge in [-0.15, -0.1) is 0 Å². The fourth-order valence-electron chi connectivity index (χ4n) is 2.02. The van der Waals surface area contributed by atoms with Gasteiger partial charge in [-0.25, -0.2) is 4.79 Å². The minimum absolute atomic E-state index is 0.0156. The Morgan fingerprint density at radius 1 is 1.19 bits per heavy atom. The molecule has 144 valence electrons. The summed E-state index contributed by atoms with van der Waals surface area (Å²) in [7, 11) is 0. The lowest BCUT2D eigenvalue weighted by molar-refractivity contribution is -0.142. The Morgan fingerprint density at radius 2 is 1.77 bits per heavy atom. The van der Waals surface area contributed by atoms with Gasteiger partial charge in [-0.05, 0) is 18.4 Å². The van der Waals surface area contributed by atoms with E-state index in [1.807, 2.05) is 6.07 Å². The minimum atomic E-state index is -2.17. The van der Waals surface area contributed by atoms with Crippen LogP contribution in [0.1, 0.15) is 26.3 Å². The average molecular weight is 367 g/mol. The zero-order chi connectivity index (χ0) is 19.9. The van der Waals surface area contributed by atoms with Crippen molar-refractivity contribution in [3.05, 3.63) is 35.9 Å². The van der Waals surface area contributed by atoms with Gasteiger partial charge < -0.3 is 31.3 Å². The molecule has 1 aromatic carbocycles. The number of ether oxygens (including phenoxy) is 1. The first-order chi connectivity index (χ1) is 12.1. The van der Waals surface area contributed by atoms with Gasteiger partial charge in [-0.3, -0.25) is 9.59 Å². The third-order valence-corrected chi connectivity index (χ3v) is 4.09. The van der Waals surface area contributed by atoms with E-state index >= 15 is 0 Å². The number of rotatable bonds is 8. The number of carbonyl (C=O) groups excluding carboxylic acids is 3. The SMILES string of the molecule is CC(C)[C@](C)(NC(=O)OCc1ccccc1)C(=O)NC(C(N)=O)C(O)O. The molecule has 0 saturated heterocycles. The lowest BCUT2D eigenvalue weighted by atomic mass is 9.87. The molecular formula is C17H25N3O6. The Kier molecular flexibility index (Phi) is 7.54. The van der Waals surface area contributed by atoms with E-state index in [2.05, 4.69) is 10.6 Å². The molecule has 3 amide bonds. The van der Waals surface area contributed by atoms with Crippen LogP contribution in [0.25, 0.3) is 0 Å². The summed E-state index contributed by atoms with van der Waals surface area (Å²) in [5.41, 5.74) is 4.33. The second-order valence-electron chi connectivity index (χ2n) is 6.31. The number of amides is 3. The van der Waals surface area contributed by atoms with Crippen molar-refractivity contribution in [2.45, 2.75) is 45.2 Å². The zero-order valence-electron chi connectivity index (χ0n) is 14.9. The first-order valence-electron chi connectivity index (χ1n) is 8.03. The van der Waals surface area contributed by atoms with Crippen LogP contribution in [-0.2, 0) is 20.9 Å². The number of nitrogens with one attached hydrogen (secondary N) is 2. The summed E-state index contributed by atoms with van der Waals surface area (Å²) in [6.45, 7) is 4.79. The van der Waals surface area contributed by atoms with Crippen LogP contribution in [0.2, 0.25) is 0 Å². The molecule has 26 heavy (non-hydrogen) atoms.